The molecule has 46 valence electrons. The van der Waals surface area contributed by atoms with Crippen molar-refractivity contribution in [3.8, 4) is 0 Å². The molecule has 0 saturated carbocycles. The molecule has 0 atom stereocenters. The van der Waals surface area contributed by atoms with Gasteiger partial charge in [-0.05, 0) is 13.0 Å². The van der Waals surface area contributed by atoms with Gasteiger partial charge in [-0.3, -0.25) is 0 Å². The van der Waals surface area contributed by atoms with Crippen LogP contribution >= 0.6 is 0 Å². The van der Waals surface area contributed by atoms with Gasteiger partial charge in [0.05, 0.1) is 6.61 Å². The Hall–Kier alpha value is 0.430. The van der Waals surface area contributed by atoms with E-state index in [0.29, 0.717) is 6.61 Å². The third-order valence-electron chi connectivity index (χ3n) is 0.491. The van der Waals surface area contributed by atoms with Gasteiger partial charge in [-0.15, -0.1) is 0 Å². The van der Waals surface area contributed by atoms with E-state index < -0.39 is 0 Å². The zero-order chi connectivity index (χ0) is 6.41. The number of hydrogen-bond donors (Lipinski definition) is 0. The summed E-state index contributed by atoms with van der Waals surface area (Å²) in [4.78, 5) is 10.3. The maximum atomic E-state index is 10.3. The third-order valence-corrected chi connectivity index (χ3v) is 0.627. The summed E-state index contributed by atoms with van der Waals surface area (Å²) in [6.45, 7) is 2.15. The average molecular weight is 154 g/mol. The van der Waals surface area contributed by atoms with Crippen molar-refractivity contribution in [1.29, 1.82) is 0 Å². The fourth-order valence-electron chi connectivity index (χ4n) is 0.246. The minimum absolute atomic E-state index is 0. The van der Waals surface area contributed by atoms with Crippen LogP contribution in [0.4, 0.5) is 0 Å². The van der Waals surface area contributed by atoms with Crippen LogP contribution < -0.4 is 29.6 Å². The molecular weight excluding hydrogens is 147 g/mol. The molecule has 0 aliphatic heterocycles. The van der Waals surface area contributed by atoms with Crippen molar-refractivity contribution in [2.45, 2.75) is 6.92 Å². The van der Waals surface area contributed by atoms with Crippen LogP contribution in [-0.4, -0.2) is 12.6 Å². The van der Waals surface area contributed by atoms with Crippen molar-refractivity contribution < 1.29 is 39.1 Å². The molecule has 9 heavy (non-hydrogen) atoms. The number of carbonyl (C=O) groups excluding carboxylic acids is 1. The van der Waals surface area contributed by atoms with Crippen molar-refractivity contribution >= 4 is 18.6 Å². The molecule has 0 bridgehead atoms. The van der Waals surface area contributed by atoms with E-state index >= 15 is 0 Å². The topological polar surface area (TPSA) is 26.3 Å². The van der Waals surface area contributed by atoms with Crippen LogP contribution in [0.15, 0.2) is 11.5 Å². The predicted molar refractivity (Wildman–Crippen MR) is 33.1 cm³/mol. The van der Waals surface area contributed by atoms with Crippen LogP contribution in [0.2, 0.25) is 0 Å². The van der Waals surface area contributed by atoms with Crippen LogP contribution in [0, 0.1) is 0 Å². The monoisotopic (exact) mass is 154 g/mol. The van der Waals surface area contributed by atoms with Gasteiger partial charge in [-0.1, -0.05) is 0 Å². The Morgan fingerprint density at radius 1 is 1.78 bits per heavy atom. The quantitative estimate of drug-likeness (QED) is 0.192. The summed E-state index contributed by atoms with van der Waals surface area (Å²) in [7, 11) is 0. The fourth-order valence-corrected chi connectivity index (χ4v) is 0.357. The predicted octanol–water partition coefficient (Wildman–Crippen LogP) is -2.39. The first-order valence-corrected chi connectivity index (χ1v) is 2.73. The molecule has 0 aromatic heterocycles. The molecule has 0 fully saturated rings. The second kappa shape index (κ2) is 8.43. The van der Waals surface area contributed by atoms with Crippen molar-refractivity contribution in [2.24, 2.45) is 0 Å². The molecule has 0 spiro atoms. The maximum absolute atomic E-state index is 10.3. The molecule has 0 aliphatic carbocycles. The summed E-state index contributed by atoms with van der Waals surface area (Å²) in [5, 5.41) is 1.23. The van der Waals surface area contributed by atoms with Crippen molar-refractivity contribution in [2.75, 3.05) is 6.61 Å². The van der Waals surface area contributed by atoms with Crippen molar-refractivity contribution in [3.63, 3.8) is 0 Å². The number of ether oxygens (including phenoxy) is 1. The van der Waals surface area contributed by atoms with Gasteiger partial charge in [0, 0.05) is 0 Å². The Kier molecular flexibility index (Phi) is 11.4. The summed E-state index contributed by atoms with van der Waals surface area (Å²) < 4.78 is 4.49. The largest absolute Gasteiger partial charge is 1.00 e. The molecule has 0 radical (unpaired) electrons. The van der Waals surface area contributed by atoms with E-state index in [1.807, 2.05) is 0 Å². The zero-order valence-corrected chi connectivity index (χ0v) is 8.40. The zero-order valence-electron chi connectivity index (χ0n) is 5.59. The molecule has 0 aromatic carbocycles. The molecule has 2 nitrogen and oxygen atoms in total. The van der Waals surface area contributed by atoms with Crippen LogP contribution in [0.3, 0.4) is 0 Å². The van der Waals surface area contributed by atoms with E-state index in [2.05, 4.69) is 17.4 Å². The smallest absolute Gasteiger partial charge is 0.787 e. The van der Waals surface area contributed by atoms with E-state index in [0.717, 1.165) is 0 Å². The normalized spacial score (nSPS) is 8.56. The van der Waals surface area contributed by atoms with E-state index in [9.17, 15) is 4.79 Å². The van der Waals surface area contributed by atoms with Gasteiger partial charge in [0.1, 0.15) is 0 Å². The maximum Gasteiger partial charge on any atom is 1.00 e. The molecule has 0 amide bonds. The van der Waals surface area contributed by atoms with Gasteiger partial charge in [0.15, 0.2) is 0 Å². The summed E-state index contributed by atoms with van der Waals surface area (Å²) in [5.74, 6) is -0.373. The van der Waals surface area contributed by atoms with Crippen LogP contribution in [0.1, 0.15) is 6.92 Å². The van der Waals surface area contributed by atoms with Crippen LogP contribution in [-0.2, 0) is 22.2 Å². The number of rotatable bonds is 2. The molecule has 0 saturated heterocycles. The second-order valence-electron chi connectivity index (χ2n) is 1.05. The molecule has 4 heteroatoms. The minimum Gasteiger partial charge on any atom is -0.787 e. The Labute approximate surface area is 82.4 Å². The molecule has 0 rings (SSSR count). The van der Waals surface area contributed by atoms with E-state index in [-0.39, 0.29) is 35.5 Å². The van der Waals surface area contributed by atoms with Gasteiger partial charge in [-0.2, -0.15) is 0 Å². The van der Waals surface area contributed by atoms with Crippen molar-refractivity contribution in [1.82, 2.24) is 0 Å². The Morgan fingerprint density at radius 3 is 2.67 bits per heavy atom. The van der Waals surface area contributed by atoms with Gasteiger partial charge in [0.25, 0.3) is 0 Å². The van der Waals surface area contributed by atoms with Crippen LogP contribution in [0.25, 0.3) is 0 Å². The third kappa shape index (κ3) is 8.43. The summed E-state index contributed by atoms with van der Waals surface area (Å²) in [6.07, 6.45) is 1.21. The van der Waals surface area contributed by atoms with E-state index in [1.54, 1.807) is 6.92 Å². The first kappa shape index (κ1) is 12.1. The Balaban J connectivity index is 0. The first-order valence-electron chi connectivity index (χ1n) is 2.26. The van der Waals surface area contributed by atoms with Gasteiger partial charge in [0.2, 0.25) is 0 Å². The molecule has 0 unspecified atom stereocenters. The molecule has 0 aromatic rings. The second-order valence-corrected chi connectivity index (χ2v) is 1.33. The van der Waals surface area contributed by atoms with E-state index in [4.69, 9.17) is 0 Å². The standard InChI is InChI=1S/C5H8O2S.Na/c1-2-7-5(6)3-4-8;/h3-4,8H,2H2,1H3;/q;+1/p-1/b4-3+;. The minimum atomic E-state index is -0.373. The number of carbonyl (C=O) groups is 1. The average Bonchev–Trinajstić information content (AvgIpc) is 1.68. The van der Waals surface area contributed by atoms with E-state index in [1.165, 1.54) is 11.5 Å². The van der Waals surface area contributed by atoms with Crippen LogP contribution in [0.5, 0.6) is 0 Å². The van der Waals surface area contributed by atoms with Gasteiger partial charge < -0.3 is 17.4 Å². The Bertz CT molecular complexity index is 103. The molecule has 0 aliphatic rings. The first-order chi connectivity index (χ1) is 3.81. The number of hydrogen-bond acceptors (Lipinski definition) is 3. The molecule has 0 heterocycles. The SMILES string of the molecule is CCOC(=O)/C=C/[S-].[Na+]. The summed E-state index contributed by atoms with van der Waals surface area (Å²) in [6, 6.07) is 0. The fraction of sp³-hybridized carbons (Fsp3) is 0.400. The summed E-state index contributed by atoms with van der Waals surface area (Å²) in [5.41, 5.74) is 0. The molecular formula is C5H7NaO2S. The summed E-state index contributed by atoms with van der Waals surface area (Å²) >= 11 is 4.36. The number of esters is 1. The van der Waals surface area contributed by atoms with Crippen molar-refractivity contribution in [3.05, 3.63) is 11.5 Å². The Morgan fingerprint density at radius 2 is 2.33 bits per heavy atom. The van der Waals surface area contributed by atoms with Gasteiger partial charge in [-0.25, -0.2) is 10.2 Å². The van der Waals surface area contributed by atoms with Gasteiger partial charge >= 0.3 is 35.5 Å². The molecule has 0 N–H and O–H groups in total.